The van der Waals surface area contributed by atoms with E-state index < -0.39 is 11.8 Å². The molecule has 1 N–H and O–H groups in total. The normalized spacial score (nSPS) is 15.3. The summed E-state index contributed by atoms with van der Waals surface area (Å²) in [5.74, 6) is -0.116. The van der Waals surface area contributed by atoms with Crippen molar-refractivity contribution in [2.75, 3.05) is 18.6 Å². The van der Waals surface area contributed by atoms with Crippen molar-refractivity contribution >= 4 is 56.8 Å². The largest absolute Gasteiger partial charge is 0.493 e. The number of amides is 2. The Hall–Kier alpha value is -2.97. The molecular weight excluding hydrogens is 456 g/mol. The number of rotatable bonds is 6. The third-order valence-electron chi connectivity index (χ3n) is 4.02. The van der Waals surface area contributed by atoms with Crippen LogP contribution in [0.2, 0.25) is 0 Å². The van der Waals surface area contributed by atoms with Crippen LogP contribution in [0.4, 0.5) is 5.69 Å². The Balaban J connectivity index is 2.01. The molecule has 29 heavy (non-hydrogen) atoms. The average Bonchev–Trinajstić information content (AvgIpc) is 2.70. The van der Waals surface area contributed by atoms with E-state index in [1.54, 1.807) is 42.5 Å². The van der Waals surface area contributed by atoms with Gasteiger partial charge in [-0.05, 0) is 64.1 Å². The summed E-state index contributed by atoms with van der Waals surface area (Å²) >= 11 is 8.63. The van der Waals surface area contributed by atoms with E-state index in [4.69, 9.17) is 21.7 Å². The fourth-order valence-electron chi connectivity index (χ4n) is 2.74. The Morgan fingerprint density at radius 2 is 1.97 bits per heavy atom. The number of para-hydroxylation sites is 1. The lowest BCUT2D eigenvalue weighted by Gasteiger charge is -2.28. The third kappa shape index (κ3) is 4.38. The molecule has 0 spiro atoms. The van der Waals surface area contributed by atoms with Gasteiger partial charge in [0.05, 0.1) is 17.3 Å². The Morgan fingerprint density at radius 1 is 1.24 bits per heavy atom. The van der Waals surface area contributed by atoms with E-state index in [-0.39, 0.29) is 10.7 Å². The smallest absolute Gasteiger partial charge is 0.270 e. The monoisotopic (exact) mass is 472 g/mol. The summed E-state index contributed by atoms with van der Waals surface area (Å²) in [6, 6.07) is 12.3. The van der Waals surface area contributed by atoms with Gasteiger partial charge >= 0.3 is 0 Å². The number of hydrogen-bond donors (Lipinski definition) is 1. The standard InChI is InChI=1S/C21H17BrN2O4S/c1-3-9-28-18-16(22)11-13(12-17(18)27-2)10-15-19(25)23-21(29)24(20(15)26)14-7-5-4-6-8-14/h3-8,10-12H,1,9H2,2H3,(H,23,25,29)/b15-10-. The Labute approximate surface area is 181 Å². The van der Waals surface area contributed by atoms with E-state index in [9.17, 15) is 9.59 Å². The van der Waals surface area contributed by atoms with E-state index in [1.807, 2.05) is 6.07 Å². The number of nitrogens with one attached hydrogen (secondary N) is 1. The molecular formula is C21H17BrN2O4S. The first-order chi connectivity index (χ1) is 14.0. The maximum atomic E-state index is 13.0. The minimum atomic E-state index is -0.561. The van der Waals surface area contributed by atoms with Crippen molar-refractivity contribution in [1.82, 2.24) is 5.32 Å². The summed E-state index contributed by atoms with van der Waals surface area (Å²) < 4.78 is 11.6. The van der Waals surface area contributed by atoms with Crippen LogP contribution in [0.1, 0.15) is 5.56 Å². The predicted octanol–water partition coefficient (Wildman–Crippen LogP) is 3.85. The molecule has 0 unspecified atom stereocenters. The van der Waals surface area contributed by atoms with Gasteiger partial charge in [0, 0.05) is 0 Å². The first kappa shape index (κ1) is 20.8. The van der Waals surface area contributed by atoms with E-state index in [0.717, 1.165) is 0 Å². The highest BCUT2D eigenvalue weighted by atomic mass is 79.9. The zero-order valence-corrected chi connectivity index (χ0v) is 17.9. The van der Waals surface area contributed by atoms with Crippen LogP contribution in [0.5, 0.6) is 11.5 Å². The molecule has 0 radical (unpaired) electrons. The highest BCUT2D eigenvalue weighted by Gasteiger charge is 2.34. The highest BCUT2D eigenvalue weighted by molar-refractivity contribution is 9.10. The topological polar surface area (TPSA) is 67.9 Å². The fourth-order valence-corrected chi connectivity index (χ4v) is 3.60. The van der Waals surface area contributed by atoms with E-state index in [0.29, 0.717) is 33.8 Å². The van der Waals surface area contributed by atoms with Crippen LogP contribution in [-0.4, -0.2) is 30.6 Å². The van der Waals surface area contributed by atoms with Gasteiger partial charge < -0.3 is 9.47 Å². The van der Waals surface area contributed by atoms with E-state index >= 15 is 0 Å². The maximum Gasteiger partial charge on any atom is 0.270 e. The summed E-state index contributed by atoms with van der Waals surface area (Å²) in [7, 11) is 1.51. The third-order valence-corrected chi connectivity index (χ3v) is 4.90. The number of nitrogens with zero attached hydrogens (tertiary/aromatic N) is 1. The molecule has 1 saturated heterocycles. The highest BCUT2D eigenvalue weighted by Crippen LogP contribution is 2.37. The second kappa shape index (κ2) is 9.02. The van der Waals surface area contributed by atoms with Crippen molar-refractivity contribution in [2.45, 2.75) is 0 Å². The number of methoxy groups -OCH3 is 1. The number of carbonyl (C=O) groups is 2. The maximum absolute atomic E-state index is 13.0. The minimum Gasteiger partial charge on any atom is -0.493 e. The van der Waals surface area contributed by atoms with Gasteiger partial charge in [0.25, 0.3) is 11.8 Å². The number of benzene rings is 2. The molecule has 3 rings (SSSR count). The van der Waals surface area contributed by atoms with E-state index in [1.165, 1.54) is 18.1 Å². The van der Waals surface area contributed by atoms with Crippen molar-refractivity contribution in [1.29, 1.82) is 0 Å². The van der Waals surface area contributed by atoms with Crippen molar-refractivity contribution < 1.29 is 19.1 Å². The zero-order valence-electron chi connectivity index (χ0n) is 15.5. The fraction of sp³-hybridized carbons (Fsp3) is 0.0952. The van der Waals surface area contributed by atoms with Crippen LogP contribution in [0.25, 0.3) is 6.08 Å². The van der Waals surface area contributed by atoms with E-state index in [2.05, 4.69) is 27.8 Å². The average molecular weight is 473 g/mol. The molecule has 1 heterocycles. The van der Waals surface area contributed by atoms with Crippen LogP contribution in [0.3, 0.4) is 0 Å². The number of halogens is 1. The first-order valence-electron chi connectivity index (χ1n) is 8.54. The molecule has 0 aromatic heterocycles. The number of ether oxygens (including phenoxy) is 2. The molecule has 0 aliphatic carbocycles. The van der Waals surface area contributed by atoms with Gasteiger partial charge in [-0.1, -0.05) is 30.9 Å². The lowest BCUT2D eigenvalue weighted by Crippen LogP contribution is -2.54. The van der Waals surface area contributed by atoms with Gasteiger partial charge in [0.1, 0.15) is 12.2 Å². The summed E-state index contributed by atoms with van der Waals surface area (Å²) in [5.41, 5.74) is 1.11. The van der Waals surface area contributed by atoms with Gasteiger partial charge in [-0.25, -0.2) is 0 Å². The van der Waals surface area contributed by atoms with Crippen molar-refractivity contribution in [3.8, 4) is 11.5 Å². The molecule has 0 bridgehead atoms. The quantitative estimate of drug-likeness (QED) is 0.299. The predicted molar refractivity (Wildman–Crippen MR) is 119 cm³/mol. The van der Waals surface area contributed by atoms with Crippen molar-refractivity contribution in [2.24, 2.45) is 0 Å². The van der Waals surface area contributed by atoms with Gasteiger partial charge in [-0.15, -0.1) is 0 Å². The molecule has 2 aromatic rings. The molecule has 1 aliphatic rings. The van der Waals surface area contributed by atoms with Crippen LogP contribution in [0, 0.1) is 0 Å². The van der Waals surface area contributed by atoms with Gasteiger partial charge in [-0.2, -0.15) is 0 Å². The van der Waals surface area contributed by atoms with Crippen molar-refractivity contribution in [3.63, 3.8) is 0 Å². The molecule has 0 saturated carbocycles. The summed E-state index contributed by atoms with van der Waals surface area (Å²) in [5, 5.41) is 2.60. The molecule has 148 valence electrons. The summed E-state index contributed by atoms with van der Waals surface area (Å²) in [6.07, 6.45) is 3.10. The van der Waals surface area contributed by atoms with Gasteiger partial charge in [0.15, 0.2) is 16.6 Å². The van der Waals surface area contributed by atoms with Gasteiger partial charge in [0.2, 0.25) is 0 Å². The molecule has 1 fully saturated rings. The SMILES string of the molecule is C=CCOc1c(Br)cc(/C=C2/C(=O)NC(=S)N(c3ccccc3)C2=O)cc1OC. The Kier molecular flexibility index (Phi) is 6.46. The molecule has 0 atom stereocenters. The number of hydrogen-bond acceptors (Lipinski definition) is 5. The lowest BCUT2D eigenvalue weighted by molar-refractivity contribution is -0.122. The number of carbonyl (C=O) groups excluding carboxylic acids is 2. The molecule has 2 amide bonds. The molecule has 6 nitrogen and oxygen atoms in total. The lowest BCUT2D eigenvalue weighted by atomic mass is 10.1. The number of anilines is 1. The van der Waals surface area contributed by atoms with Gasteiger partial charge in [-0.3, -0.25) is 19.8 Å². The minimum absolute atomic E-state index is 0.0373. The second-order valence-electron chi connectivity index (χ2n) is 5.93. The summed E-state index contributed by atoms with van der Waals surface area (Å²) in [6.45, 7) is 3.93. The molecule has 2 aromatic carbocycles. The number of thiocarbonyl (C=S) groups is 1. The Morgan fingerprint density at radius 3 is 2.62 bits per heavy atom. The van der Waals surface area contributed by atoms with Crippen LogP contribution in [0.15, 0.2) is 65.2 Å². The second-order valence-corrected chi connectivity index (χ2v) is 7.17. The van der Waals surface area contributed by atoms with Crippen LogP contribution < -0.4 is 19.7 Å². The molecule has 8 heteroatoms. The van der Waals surface area contributed by atoms with Crippen LogP contribution >= 0.6 is 28.1 Å². The first-order valence-corrected chi connectivity index (χ1v) is 9.74. The molecule has 1 aliphatic heterocycles. The van der Waals surface area contributed by atoms with Crippen molar-refractivity contribution in [3.05, 3.63) is 70.7 Å². The van der Waals surface area contributed by atoms with Crippen LogP contribution in [-0.2, 0) is 9.59 Å². The Bertz CT molecular complexity index is 1020. The summed E-state index contributed by atoms with van der Waals surface area (Å²) in [4.78, 5) is 26.8. The zero-order chi connectivity index (χ0) is 21.0.